The number of hydrogen-bond donors (Lipinski definition) is 2. The maximum atomic E-state index is 11.7. The van der Waals surface area contributed by atoms with E-state index in [0.717, 1.165) is 32.1 Å². The topological polar surface area (TPSA) is 49.3 Å². The van der Waals surface area contributed by atoms with E-state index >= 15 is 0 Å². The van der Waals surface area contributed by atoms with E-state index in [-0.39, 0.29) is 5.91 Å². The molecule has 0 aromatic carbocycles. The van der Waals surface area contributed by atoms with Gasteiger partial charge in [0.15, 0.2) is 0 Å². The van der Waals surface area contributed by atoms with Crippen LogP contribution in [0, 0.1) is 5.92 Å². The second-order valence-corrected chi connectivity index (χ2v) is 5.28. The standard InChI is InChI=1S/C14H27NO2/c1-2-3-4-5-6-14(17)15-13-9-7-12(11-16)8-10-13/h12-13,16H,2-11H2,1H3,(H,15,17). The van der Waals surface area contributed by atoms with Crippen LogP contribution in [0.4, 0.5) is 0 Å². The van der Waals surface area contributed by atoms with Crippen molar-refractivity contribution in [2.24, 2.45) is 5.92 Å². The van der Waals surface area contributed by atoms with E-state index in [1.54, 1.807) is 0 Å². The monoisotopic (exact) mass is 241 g/mol. The Morgan fingerprint density at radius 1 is 1.18 bits per heavy atom. The number of carbonyl (C=O) groups excluding carboxylic acids is 1. The molecule has 1 aliphatic rings. The smallest absolute Gasteiger partial charge is 0.220 e. The second-order valence-electron chi connectivity index (χ2n) is 5.28. The van der Waals surface area contributed by atoms with Gasteiger partial charge in [0, 0.05) is 19.1 Å². The fourth-order valence-corrected chi connectivity index (χ4v) is 2.50. The zero-order chi connectivity index (χ0) is 12.5. The largest absolute Gasteiger partial charge is 0.396 e. The van der Waals surface area contributed by atoms with Crippen molar-refractivity contribution in [1.29, 1.82) is 0 Å². The normalized spacial score (nSPS) is 24.6. The first-order valence-electron chi connectivity index (χ1n) is 7.16. The first-order valence-corrected chi connectivity index (χ1v) is 7.16. The van der Waals surface area contributed by atoms with Crippen molar-refractivity contribution in [3.05, 3.63) is 0 Å². The van der Waals surface area contributed by atoms with Gasteiger partial charge in [-0.2, -0.15) is 0 Å². The third kappa shape index (κ3) is 6.06. The van der Waals surface area contributed by atoms with Crippen LogP contribution in [-0.4, -0.2) is 23.7 Å². The molecule has 0 spiro atoms. The molecule has 0 aliphatic heterocycles. The molecule has 0 unspecified atom stereocenters. The van der Waals surface area contributed by atoms with E-state index in [4.69, 9.17) is 5.11 Å². The molecular formula is C14H27NO2. The third-order valence-corrected chi connectivity index (χ3v) is 3.73. The van der Waals surface area contributed by atoms with Gasteiger partial charge in [-0.1, -0.05) is 26.2 Å². The molecular weight excluding hydrogens is 214 g/mol. The minimum atomic E-state index is 0.216. The zero-order valence-electron chi connectivity index (χ0n) is 11.1. The Morgan fingerprint density at radius 3 is 2.47 bits per heavy atom. The summed E-state index contributed by atoms with van der Waals surface area (Å²) in [5, 5.41) is 12.2. The molecule has 0 heterocycles. The van der Waals surface area contributed by atoms with Crippen LogP contribution >= 0.6 is 0 Å². The molecule has 1 fully saturated rings. The van der Waals surface area contributed by atoms with E-state index in [0.29, 0.717) is 25.0 Å². The summed E-state index contributed by atoms with van der Waals surface area (Å²) in [7, 11) is 0. The molecule has 0 aromatic heterocycles. The van der Waals surface area contributed by atoms with E-state index in [2.05, 4.69) is 12.2 Å². The summed E-state index contributed by atoms with van der Waals surface area (Å²) >= 11 is 0. The molecule has 1 rings (SSSR count). The van der Waals surface area contributed by atoms with Gasteiger partial charge < -0.3 is 10.4 Å². The molecule has 0 bridgehead atoms. The second kappa shape index (κ2) is 8.51. The average molecular weight is 241 g/mol. The van der Waals surface area contributed by atoms with E-state index < -0.39 is 0 Å². The lowest BCUT2D eigenvalue weighted by atomic mass is 9.86. The van der Waals surface area contributed by atoms with Crippen LogP contribution < -0.4 is 5.32 Å². The molecule has 1 saturated carbocycles. The van der Waals surface area contributed by atoms with Crippen LogP contribution in [0.25, 0.3) is 0 Å². The maximum Gasteiger partial charge on any atom is 0.220 e. The molecule has 0 atom stereocenters. The van der Waals surface area contributed by atoms with E-state index in [1.165, 1.54) is 19.3 Å². The number of unbranched alkanes of at least 4 members (excludes halogenated alkanes) is 3. The van der Waals surface area contributed by atoms with Crippen LogP contribution in [0.15, 0.2) is 0 Å². The molecule has 3 heteroatoms. The van der Waals surface area contributed by atoms with Gasteiger partial charge in [0.1, 0.15) is 0 Å². The SMILES string of the molecule is CCCCCCC(=O)NC1CCC(CO)CC1. The van der Waals surface area contributed by atoms with Gasteiger partial charge in [-0.15, -0.1) is 0 Å². The predicted octanol–water partition coefficient (Wildman–Crippen LogP) is 2.62. The minimum Gasteiger partial charge on any atom is -0.396 e. The quantitative estimate of drug-likeness (QED) is 0.673. The molecule has 1 aliphatic carbocycles. The van der Waals surface area contributed by atoms with Crippen molar-refractivity contribution in [1.82, 2.24) is 5.32 Å². The summed E-state index contributed by atoms with van der Waals surface area (Å²) in [6, 6.07) is 0.358. The van der Waals surface area contributed by atoms with E-state index in [1.807, 2.05) is 0 Å². The molecule has 0 radical (unpaired) electrons. The van der Waals surface area contributed by atoms with Gasteiger partial charge in [0.2, 0.25) is 5.91 Å². The minimum absolute atomic E-state index is 0.216. The van der Waals surface area contributed by atoms with Gasteiger partial charge in [-0.3, -0.25) is 4.79 Å². The maximum absolute atomic E-state index is 11.7. The van der Waals surface area contributed by atoms with Crippen LogP contribution in [0.1, 0.15) is 64.7 Å². The summed E-state index contributed by atoms with van der Waals surface area (Å²) in [6.45, 7) is 2.48. The highest BCUT2D eigenvalue weighted by atomic mass is 16.3. The number of nitrogens with one attached hydrogen (secondary N) is 1. The first kappa shape index (κ1) is 14.5. The van der Waals surface area contributed by atoms with E-state index in [9.17, 15) is 4.79 Å². The molecule has 3 nitrogen and oxygen atoms in total. The molecule has 0 aromatic rings. The summed E-state index contributed by atoms with van der Waals surface area (Å²) in [5.41, 5.74) is 0. The fraction of sp³-hybridized carbons (Fsp3) is 0.929. The fourth-order valence-electron chi connectivity index (χ4n) is 2.50. The number of aliphatic hydroxyl groups is 1. The van der Waals surface area contributed by atoms with Crippen LogP contribution in [0.2, 0.25) is 0 Å². The predicted molar refractivity (Wildman–Crippen MR) is 69.7 cm³/mol. The van der Waals surface area contributed by atoms with Crippen LogP contribution in [0.3, 0.4) is 0 Å². The number of hydrogen-bond acceptors (Lipinski definition) is 2. The summed E-state index contributed by atoms with van der Waals surface area (Å²) in [4.78, 5) is 11.7. The molecule has 2 N–H and O–H groups in total. The van der Waals surface area contributed by atoms with Crippen molar-refractivity contribution in [2.45, 2.75) is 70.8 Å². The van der Waals surface area contributed by atoms with Crippen molar-refractivity contribution >= 4 is 5.91 Å². The molecule has 0 saturated heterocycles. The van der Waals surface area contributed by atoms with Crippen LogP contribution in [0.5, 0.6) is 0 Å². The number of rotatable bonds is 7. The zero-order valence-corrected chi connectivity index (χ0v) is 11.1. The van der Waals surface area contributed by atoms with Crippen molar-refractivity contribution in [3.8, 4) is 0 Å². The lowest BCUT2D eigenvalue weighted by Gasteiger charge is -2.27. The molecule has 100 valence electrons. The lowest BCUT2D eigenvalue weighted by molar-refractivity contribution is -0.122. The highest BCUT2D eigenvalue weighted by molar-refractivity contribution is 5.76. The Bertz CT molecular complexity index is 210. The molecule has 17 heavy (non-hydrogen) atoms. The van der Waals surface area contributed by atoms with Crippen molar-refractivity contribution in [2.75, 3.05) is 6.61 Å². The Balaban J connectivity index is 2.06. The lowest BCUT2D eigenvalue weighted by Crippen LogP contribution is -2.37. The highest BCUT2D eigenvalue weighted by Gasteiger charge is 2.21. The Hall–Kier alpha value is -0.570. The van der Waals surface area contributed by atoms with Gasteiger partial charge >= 0.3 is 0 Å². The number of carbonyl (C=O) groups is 1. The Labute approximate surface area is 105 Å². The van der Waals surface area contributed by atoms with Gasteiger partial charge in [-0.25, -0.2) is 0 Å². The van der Waals surface area contributed by atoms with Crippen LogP contribution in [-0.2, 0) is 4.79 Å². The van der Waals surface area contributed by atoms with Crippen molar-refractivity contribution in [3.63, 3.8) is 0 Å². The van der Waals surface area contributed by atoms with Gasteiger partial charge in [-0.05, 0) is 38.0 Å². The van der Waals surface area contributed by atoms with Crippen molar-refractivity contribution < 1.29 is 9.90 Å². The van der Waals surface area contributed by atoms with Gasteiger partial charge in [0.05, 0.1) is 0 Å². The van der Waals surface area contributed by atoms with Gasteiger partial charge in [0.25, 0.3) is 0 Å². The number of amides is 1. The first-order chi connectivity index (χ1) is 8.26. The number of aliphatic hydroxyl groups excluding tert-OH is 1. The summed E-state index contributed by atoms with van der Waals surface area (Å²) < 4.78 is 0. The Kier molecular flexibility index (Phi) is 7.25. The third-order valence-electron chi connectivity index (χ3n) is 3.73. The summed E-state index contributed by atoms with van der Waals surface area (Å²) in [6.07, 6.45) is 9.49. The Morgan fingerprint density at radius 2 is 1.88 bits per heavy atom. The molecule has 1 amide bonds. The highest BCUT2D eigenvalue weighted by Crippen LogP contribution is 2.23. The average Bonchev–Trinajstić information content (AvgIpc) is 2.36. The summed E-state index contributed by atoms with van der Waals surface area (Å²) in [5.74, 6) is 0.682.